The van der Waals surface area contributed by atoms with Crippen molar-refractivity contribution in [2.75, 3.05) is 11.1 Å². The summed E-state index contributed by atoms with van der Waals surface area (Å²) in [4.78, 5) is 28.6. The molecule has 0 aromatic carbocycles. The second-order valence-electron chi connectivity index (χ2n) is 5.02. The molecule has 11 heteroatoms. The van der Waals surface area contributed by atoms with E-state index in [0.717, 1.165) is 10.1 Å². The number of carbonyl (C=O) groups excluding carboxylic acids is 1. The molecule has 0 aliphatic heterocycles. The van der Waals surface area contributed by atoms with Crippen LogP contribution in [0.1, 0.15) is 6.42 Å². The molecule has 0 saturated carbocycles. The summed E-state index contributed by atoms with van der Waals surface area (Å²) < 4.78 is 3.69. The second kappa shape index (κ2) is 7.57. The highest BCUT2D eigenvalue weighted by Crippen LogP contribution is 2.25. The van der Waals surface area contributed by atoms with Crippen LogP contribution >= 0.6 is 23.1 Å². The fraction of sp³-hybridized carbons (Fsp3) is 0.286. The first-order valence-corrected chi connectivity index (χ1v) is 9.13. The third kappa shape index (κ3) is 3.94. The molecule has 0 spiro atoms. The first kappa shape index (κ1) is 17.3. The summed E-state index contributed by atoms with van der Waals surface area (Å²) in [7, 11) is 1.72. The summed E-state index contributed by atoms with van der Waals surface area (Å²) in [5.74, 6) is 0.490. The maximum Gasteiger partial charge on any atom is 0.264 e. The highest BCUT2D eigenvalue weighted by Gasteiger charge is 2.11. The van der Waals surface area contributed by atoms with Crippen LogP contribution in [0, 0.1) is 0 Å². The molecular formula is C14H15N7O2S2. The van der Waals surface area contributed by atoms with Crippen molar-refractivity contribution in [3.63, 3.8) is 0 Å². The number of carbonyl (C=O) groups is 1. The maximum atomic E-state index is 12.3. The van der Waals surface area contributed by atoms with E-state index in [-0.39, 0.29) is 24.4 Å². The third-order valence-electron chi connectivity index (χ3n) is 3.28. The average Bonchev–Trinajstić information content (AvgIpc) is 3.19. The van der Waals surface area contributed by atoms with Gasteiger partial charge in [0.1, 0.15) is 5.39 Å². The van der Waals surface area contributed by atoms with Gasteiger partial charge in [0.25, 0.3) is 5.56 Å². The van der Waals surface area contributed by atoms with Gasteiger partial charge in [0.05, 0.1) is 12.5 Å². The van der Waals surface area contributed by atoms with E-state index in [4.69, 9.17) is 0 Å². The zero-order valence-corrected chi connectivity index (χ0v) is 15.0. The zero-order valence-electron chi connectivity index (χ0n) is 13.4. The van der Waals surface area contributed by atoms with Crippen molar-refractivity contribution in [2.24, 2.45) is 7.05 Å². The highest BCUT2D eigenvalue weighted by atomic mass is 32.2. The van der Waals surface area contributed by atoms with Gasteiger partial charge in [-0.15, -0.1) is 16.8 Å². The topological polar surface area (TPSA) is 108 Å². The van der Waals surface area contributed by atoms with E-state index < -0.39 is 0 Å². The number of nitrogens with zero attached hydrogens (tertiary/aromatic N) is 6. The predicted octanol–water partition coefficient (Wildman–Crippen LogP) is 1.29. The Bertz CT molecular complexity index is 975. The van der Waals surface area contributed by atoms with Crippen LogP contribution in [-0.2, 0) is 18.4 Å². The molecule has 1 N–H and O–H groups in total. The number of anilines is 1. The van der Waals surface area contributed by atoms with Gasteiger partial charge in [-0.1, -0.05) is 29.2 Å². The fourth-order valence-corrected chi connectivity index (χ4v) is 3.61. The highest BCUT2D eigenvalue weighted by molar-refractivity contribution is 8.01. The maximum absolute atomic E-state index is 12.3. The van der Waals surface area contributed by atoms with Gasteiger partial charge in [0, 0.05) is 25.8 Å². The van der Waals surface area contributed by atoms with Crippen LogP contribution in [0.25, 0.3) is 11.0 Å². The van der Waals surface area contributed by atoms with Crippen LogP contribution in [0.3, 0.4) is 0 Å². The lowest BCUT2D eigenvalue weighted by Crippen LogP contribution is -2.23. The zero-order chi connectivity index (χ0) is 17.8. The van der Waals surface area contributed by atoms with Crippen LogP contribution < -0.4 is 10.9 Å². The molecule has 0 bridgehead atoms. The fourth-order valence-electron chi connectivity index (χ4n) is 2.08. The lowest BCUT2D eigenvalue weighted by atomic mass is 10.3. The summed E-state index contributed by atoms with van der Waals surface area (Å²) in [6.45, 7) is 3.86. The molecule has 1 amide bonds. The number of fused-ring (bicyclic) bond motifs is 1. The van der Waals surface area contributed by atoms with Crippen molar-refractivity contribution in [1.82, 2.24) is 29.5 Å². The SMILES string of the molecule is C=CCSc1nnc(NC(=O)CCn2cnc3c(cnn3C)c2=O)s1. The minimum Gasteiger partial charge on any atom is -0.300 e. The van der Waals surface area contributed by atoms with Gasteiger partial charge < -0.3 is 5.32 Å². The minimum atomic E-state index is -0.241. The molecule has 0 radical (unpaired) electrons. The minimum absolute atomic E-state index is 0.127. The van der Waals surface area contributed by atoms with E-state index in [9.17, 15) is 9.59 Å². The summed E-state index contributed by atoms with van der Waals surface area (Å²) >= 11 is 2.80. The van der Waals surface area contributed by atoms with Crippen LogP contribution in [0.5, 0.6) is 0 Å². The Morgan fingerprint density at radius 1 is 1.48 bits per heavy atom. The van der Waals surface area contributed by atoms with E-state index in [0.29, 0.717) is 16.2 Å². The van der Waals surface area contributed by atoms with Crippen molar-refractivity contribution in [3.8, 4) is 0 Å². The van der Waals surface area contributed by atoms with Crippen molar-refractivity contribution >= 4 is 45.2 Å². The van der Waals surface area contributed by atoms with Gasteiger partial charge >= 0.3 is 0 Å². The molecule has 0 aliphatic rings. The summed E-state index contributed by atoms with van der Waals surface area (Å²) in [5, 5.41) is 15.4. The van der Waals surface area contributed by atoms with Crippen LogP contribution in [-0.4, -0.2) is 41.2 Å². The normalized spacial score (nSPS) is 10.9. The van der Waals surface area contributed by atoms with Crippen LogP contribution in [0.15, 0.2) is 34.3 Å². The quantitative estimate of drug-likeness (QED) is 0.375. The first-order valence-electron chi connectivity index (χ1n) is 7.32. The van der Waals surface area contributed by atoms with Crippen molar-refractivity contribution in [2.45, 2.75) is 17.3 Å². The van der Waals surface area contributed by atoms with E-state index in [1.54, 1.807) is 13.1 Å². The molecule has 3 aromatic rings. The number of hydrogen-bond acceptors (Lipinski definition) is 8. The van der Waals surface area contributed by atoms with E-state index in [1.807, 2.05) is 0 Å². The molecular weight excluding hydrogens is 362 g/mol. The Kier molecular flexibility index (Phi) is 5.24. The van der Waals surface area contributed by atoms with Gasteiger partial charge in [-0.2, -0.15) is 5.10 Å². The number of thioether (sulfide) groups is 1. The van der Waals surface area contributed by atoms with Crippen LogP contribution in [0.2, 0.25) is 0 Å². The number of rotatable bonds is 7. The van der Waals surface area contributed by atoms with Gasteiger partial charge in [-0.3, -0.25) is 18.8 Å². The Labute approximate surface area is 150 Å². The van der Waals surface area contributed by atoms with E-state index in [2.05, 4.69) is 32.2 Å². The van der Waals surface area contributed by atoms with Gasteiger partial charge in [-0.05, 0) is 0 Å². The summed E-state index contributed by atoms with van der Waals surface area (Å²) in [5.41, 5.74) is 0.300. The van der Waals surface area contributed by atoms with Crippen molar-refractivity contribution in [3.05, 3.63) is 35.5 Å². The Hall–Kier alpha value is -2.53. The van der Waals surface area contributed by atoms with Gasteiger partial charge in [-0.25, -0.2) is 4.98 Å². The third-order valence-corrected chi connectivity index (χ3v) is 5.24. The number of hydrogen-bond donors (Lipinski definition) is 1. The molecule has 9 nitrogen and oxygen atoms in total. The lowest BCUT2D eigenvalue weighted by molar-refractivity contribution is -0.116. The number of aryl methyl sites for hydroxylation is 2. The molecule has 0 atom stereocenters. The number of aromatic nitrogens is 6. The van der Waals surface area contributed by atoms with Crippen molar-refractivity contribution < 1.29 is 4.79 Å². The van der Waals surface area contributed by atoms with Gasteiger partial charge in [0.15, 0.2) is 9.99 Å². The number of nitrogens with one attached hydrogen (secondary N) is 1. The molecule has 0 aliphatic carbocycles. The second-order valence-corrected chi connectivity index (χ2v) is 7.26. The smallest absolute Gasteiger partial charge is 0.264 e. The molecule has 0 unspecified atom stereocenters. The largest absolute Gasteiger partial charge is 0.300 e. The summed E-state index contributed by atoms with van der Waals surface area (Å²) in [6, 6.07) is 0. The standard InChI is InChI=1S/C14H15N7O2S2/c1-3-6-24-14-19-18-13(25-14)17-10(22)4-5-21-8-15-11-9(12(21)23)7-16-20(11)2/h3,7-8H,1,4-6H2,2H3,(H,17,18,22). The molecule has 3 rings (SSSR count). The predicted molar refractivity (Wildman–Crippen MR) is 96.8 cm³/mol. The molecule has 3 aromatic heterocycles. The average molecular weight is 377 g/mol. The molecule has 0 saturated heterocycles. The van der Waals surface area contributed by atoms with E-state index in [1.165, 1.54) is 44.9 Å². The van der Waals surface area contributed by atoms with Crippen molar-refractivity contribution in [1.29, 1.82) is 0 Å². The first-order chi connectivity index (χ1) is 12.1. The Balaban J connectivity index is 1.60. The molecule has 25 heavy (non-hydrogen) atoms. The van der Waals surface area contributed by atoms with Crippen LogP contribution in [0.4, 0.5) is 5.13 Å². The monoisotopic (exact) mass is 377 g/mol. The molecule has 0 fully saturated rings. The van der Waals surface area contributed by atoms with E-state index >= 15 is 0 Å². The Morgan fingerprint density at radius 2 is 2.32 bits per heavy atom. The molecule has 3 heterocycles. The number of amides is 1. The molecule has 130 valence electrons. The lowest BCUT2D eigenvalue weighted by Gasteiger charge is -2.05. The van der Waals surface area contributed by atoms with Gasteiger partial charge in [0.2, 0.25) is 11.0 Å². The Morgan fingerprint density at radius 3 is 3.12 bits per heavy atom. The summed E-state index contributed by atoms with van der Waals surface area (Å²) in [6.07, 6.45) is 4.80.